The van der Waals surface area contributed by atoms with Crippen LogP contribution in [0.1, 0.15) is 27.7 Å². The highest BCUT2D eigenvalue weighted by Gasteiger charge is 2.37. The van der Waals surface area contributed by atoms with Crippen LogP contribution in [-0.4, -0.2) is 59.7 Å². The van der Waals surface area contributed by atoms with E-state index in [0.717, 1.165) is 24.3 Å². The maximum atomic E-state index is 11.7. The highest BCUT2D eigenvalue weighted by atomic mass is 32.2. The number of hydrogen-bond acceptors (Lipinski definition) is 10. The van der Waals surface area contributed by atoms with Gasteiger partial charge >= 0.3 is 12.2 Å². The van der Waals surface area contributed by atoms with Crippen molar-refractivity contribution in [2.24, 2.45) is 0 Å². The fraction of sp³-hybridized carbons (Fsp3) is 0.478. The highest BCUT2D eigenvalue weighted by Crippen LogP contribution is 2.36. The van der Waals surface area contributed by atoms with Crippen molar-refractivity contribution in [1.29, 1.82) is 0 Å². The largest absolute Gasteiger partial charge is 0.444 e. The van der Waals surface area contributed by atoms with Crippen LogP contribution in [0.3, 0.4) is 0 Å². The van der Waals surface area contributed by atoms with E-state index in [2.05, 4.69) is 62.6 Å². The van der Waals surface area contributed by atoms with Crippen molar-refractivity contribution in [3.8, 4) is 0 Å². The minimum atomic E-state index is -4.03. The second-order valence-electron chi connectivity index (χ2n) is 9.50. The number of hydrazine groups is 2. The van der Waals surface area contributed by atoms with E-state index in [1.54, 1.807) is 4.83 Å². The molecular weight excluding hydrogens is 582 g/mol. The van der Waals surface area contributed by atoms with Crippen LogP contribution in [0.4, 0.5) is 15.3 Å². The summed E-state index contributed by atoms with van der Waals surface area (Å²) in [6, 6.07) is 4.16. The van der Waals surface area contributed by atoms with Crippen LogP contribution in [0.5, 0.6) is 0 Å². The third kappa shape index (κ3) is 15.6. The van der Waals surface area contributed by atoms with Gasteiger partial charge < -0.3 is 13.9 Å². The van der Waals surface area contributed by atoms with E-state index < -0.39 is 35.5 Å². The van der Waals surface area contributed by atoms with Crippen molar-refractivity contribution in [2.45, 2.75) is 56.8 Å². The maximum Gasteiger partial charge on any atom is 0.422 e. The zero-order valence-electron chi connectivity index (χ0n) is 23.6. The van der Waals surface area contributed by atoms with Crippen LogP contribution < -0.4 is 21.1 Å². The first-order chi connectivity index (χ1) is 18.0. The SMILES string of the molecule is C=CCOC(=O)NNS(=O)(=O)c1ccc([N+](=O)[O-])cc1.C=CCOC(=O)NN[C@@H](C)CO[Si](C)(C)C(C)(C)C.S. The van der Waals surface area contributed by atoms with E-state index in [-0.39, 0.29) is 48.4 Å². The summed E-state index contributed by atoms with van der Waals surface area (Å²) in [5, 5.41) is 10.6. The lowest BCUT2D eigenvalue weighted by Gasteiger charge is -2.37. The van der Waals surface area contributed by atoms with Crippen molar-refractivity contribution >= 4 is 49.7 Å². The van der Waals surface area contributed by atoms with Crippen LogP contribution in [-0.2, 0) is 23.9 Å². The summed E-state index contributed by atoms with van der Waals surface area (Å²) < 4.78 is 38.7. The molecule has 0 saturated carbocycles. The molecule has 1 atom stereocenters. The Morgan fingerprint density at radius 2 is 1.52 bits per heavy atom. The molecule has 0 aliphatic rings. The molecule has 0 fully saturated rings. The second-order valence-corrected chi connectivity index (χ2v) is 16.0. The third-order valence-electron chi connectivity index (χ3n) is 5.23. The predicted molar refractivity (Wildman–Crippen MR) is 159 cm³/mol. The average molecular weight is 624 g/mol. The number of hydrogen-bond donors (Lipinski definition) is 4. The molecule has 0 aromatic heterocycles. The van der Waals surface area contributed by atoms with Crippen molar-refractivity contribution < 1.29 is 36.8 Å². The fourth-order valence-electron chi connectivity index (χ4n) is 2.03. The van der Waals surface area contributed by atoms with E-state index >= 15 is 0 Å². The minimum Gasteiger partial charge on any atom is -0.444 e. The quantitative estimate of drug-likeness (QED) is 0.109. The Labute approximate surface area is 243 Å². The molecule has 4 N–H and O–H groups in total. The Morgan fingerprint density at radius 3 is 1.95 bits per heavy atom. The number of nitro benzene ring substituents is 1. The van der Waals surface area contributed by atoms with Gasteiger partial charge in [-0.3, -0.25) is 15.5 Å². The van der Waals surface area contributed by atoms with E-state index in [9.17, 15) is 28.1 Å². The van der Waals surface area contributed by atoms with E-state index in [4.69, 9.17) is 9.16 Å². The molecule has 1 aromatic rings. The van der Waals surface area contributed by atoms with Gasteiger partial charge in [-0.25, -0.2) is 28.9 Å². The van der Waals surface area contributed by atoms with Gasteiger partial charge in [0.15, 0.2) is 8.32 Å². The monoisotopic (exact) mass is 623 g/mol. The van der Waals surface area contributed by atoms with Crippen molar-refractivity contribution in [3.63, 3.8) is 0 Å². The number of nitrogens with one attached hydrogen (secondary N) is 4. The second kappa shape index (κ2) is 18.4. The van der Waals surface area contributed by atoms with E-state index in [1.165, 1.54) is 12.2 Å². The number of amides is 2. The number of carbonyl (C=O) groups is 2. The van der Waals surface area contributed by atoms with Gasteiger partial charge in [-0.05, 0) is 37.2 Å². The normalized spacial score (nSPS) is 11.8. The summed E-state index contributed by atoms with van der Waals surface area (Å²) in [4.78, 5) is 33.5. The molecule has 14 nitrogen and oxygen atoms in total. The molecule has 0 unspecified atom stereocenters. The fourth-order valence-corrected chi connectivity index (χ4v) is 3.96. The van der Waals surface area contributed by atoms with Crippen molar-refractivity contribution in [1.82, 2.24) is 21.1 Å². The summed E-state index contributed by atoms with van der Waals surface area (Å²) >= 11 is 0. The van der Waals surface area contributed by atoms with Crippen LogP contribution in [0.2, 0.25) is 18.1 Å². The lowest BCUT2D eigenvalue weighted by atomic mass is 10.2. The van der Waals surface area contributed by atoms with Gasteiger partial charge in [0, 0.05) is 18.2 Å². The first-order valence-corrected chi connectivity index (χ1v) is 16.1. The zero-order chi connectivity index (χ0) is 30.3. The number of ether oxygens (including phenoxy) is 2. The van der Waals surface area contributed by atoms with Gasteiger partial charge in [-0.15, -0.1) is 4.83 Å². The van der Waals surface area contributed by atoms with Crippen LogP contribution in [0.15, 0.2) is 54.5 Å². The number of sulfonamides is 1. The lowest BCUT2D eigenvalue weighted by Crippen LogP contribution is -2.48. The van der Waals surface area contributed by atoms with Gasteiger partial charge in [0.05, 0.1) is 16.4 Å². The van der Waals surface area contributed by atoms with Crippen LogP contribution in [0, 0.1) is 10.1 Å². The zero-order valence-corrected chi connectivity index (χ0v) is 26.4. The molecule has 0 aliphatic heterocycles. The predicted octanol–water partition coefficient (Wildman–Crippen LogP) is 3.63. The summed E-state index contributed by atoms with van der Waals surface area (Å²) in [5.41, 5.74) is 6.89. The minimum absolute atomic E-state index is 0. The number of nitrogens with zero attached hydrogens (tertiary/aromatic N) is 1. The number of nitro groups is 1. The molecule has 2 amide bonds. The molecule has 0 saturated heterocycles. The molecule has 0 bridgehead atoms. The Kier molecular flexibility index (Phi) is 18.0. The van der Waals surface area contributed by atoms with Gasteiger partial charge in [0.25, 0.3) is 15.7 Å². The van der Waals surface area contributed by atoms with Gasteiger partial charge in [0.2, 0.25) is 0 Å². The van der Waals surface area contributed by atoms with E-state index in [1.807, 2.05) is 12.3 Å². The maximum absolute atomic E-state index is 11.7. The highest BCUT2D eigenvalue weighted by molar-refractivity contribution is 7.89. The molecule has 17 heteroatoms. The summed E-state index contributed by atoms with van der Waals surface area (Å²) in [6.07, 6.45) is 1.31. The molecule has 40 heavy (non-hydrogen) atoms. The third-order valence-corrected chi connectivity index (χ3v) is 11.0. The van der Waals surface area contributed by atoms with E-state index in [0.29, 0.717) is 6.61 Å². The molecule has 228 valence electrons. The first-order valence-electron chi connectivity index (χ1n) is 11.7. The summed E-state index contributed by atoms with van der Waals surface area (Å²) in [6.45, 7) is 20.4. The Morgan fingerprint density at radius 1 is 1.05 bits per heavy atom. The molecule has 0 aliphatic carbocycles. The number of non-ortho nitro benzene ring substituents is 1. The standard InChI is InChI=1S/C13H28N2O3Si.C10H11N3O6S.H2S/c1-8-9-17-12(16)15-14-11(2)10-18-19(6,7)13(3,4)5;1-2-7-19-10(14)11-12-20(17,18)9-5-3-8(4-6-9)13(15)16;/h8,11,14H,1,9-10H2,2-7H3,(H,15,16);2-6,12H,1,7H2,(H,11,14);1H2/t11-;;/m0../s1. The van der Waals surface area contributed by atoms with Crippen LogP contribution in [0.25, 0.3) is 0 Å². The van der Waals surface area contributed by atoms with Crippen LogP contribution >= 0.6 is 13.5 Å². The lowest BCUT2D eigenvalue weighted by molar-refractivity contribution is -0.384. The smallest absolute Gasteiger partial charge is 0.422 e. The van der Waals surface area contributed by atoms with Crippen molar-refractivity contribution in [3.05, 3.63) is 59.7 Å². The van der Waals surface area contributed by atoms with Gasteiger partial charge in [0.1, 0.15) is 13.2 Å². The molecule has 0 heterocycles. The Hall–Kier alpha value is -2.96. The molecular formula is C23H41N5O9S2Si. The molecule has 0 radical (unpaired) electrons. The molecule has 1 rings (SSSR count). The topological polar surface area (TPSA) is 187 Å². The van der Waals surface area contributed by atoms with Gasteiger partial charge in [-0.1, -0.05) is 46.1 Å². The Bertz CT molecular complexity index is 1080. The average Bonchev–Trinajstić information content (AvgIpc) is 2.86. The number of benzene rings is 1. The van der Waals surface area contributed by atoms with Crippen molar-refractivity contribution in [2.75, 3.05) is 19.8 Å². The number of rotatable bonds is 13. The first kappa shape index (κ1) is 39.2. The molecule has 0 spiro atoms. The Balaban J connectivity index is 0. The van der Waals surface area contributed by atoms with Gasteiger partial charge in [-0.2, -0.15) is 13.5 Å². The summed E-state index contributed by atoms with van der Waals surface area (Å²) in [5.74, 6) is 0. The summed E-state index contributed by atoms with van der Waals surface area (Å²) in [7, 11) is -5.78. The number of carbonyl (C=O) groups excluding carboxylic acids is 2. The molecule has 1 aromatic carbocycles.